The number of pyridine rings is 1. The molecule has 0 saturated heterocycles. The molecule has 0 fully saturated rings. The summed E-state index contributed by atoms with van der Waals surface area (Å²) in [6.07, 6.45) is 0.805. The molecule has 1 N–H and O–H groups in total. The zero-order valence-electron chi connectivity index (χ0n) is 18.9. The van der Waals surface area contributed by atoms with Crippen LogP contribution < -0.4 is 4.74 Å². The molecule has 0 bridgehead atoms. The van der Waals surface area contributed by atoms with Gasteiger partial charge in [0, 0.05) is 25.4 Å². The van der Waals surface area contributed by atoms with E-state index in [1.54, 1.807) is 26.5 Å². The van der Waals surface area contributed by atoms with Crippen LogP contribution in [0.1, 0.15) is 42.7 Å². The van der Waals surface area contributed by atoms with Crippen molar-refractivity contribution in [1.82, 2.24) is 14.5 Å². The number of benzene rings is 2. The molecule has 2 aromatic carbocycles. The third kappa shape index (κ3) is 4.24. The largest absolute Gasteiger partial charge is 0.494 e. The summed E-state index contributed by atoms with van der Waals surface area (Å²) in [6.45, 7) is 5.54. The highest BCUT2D eigenvalue weighted by Crippen LogP contribution is 2.35. The molecule has 2 aromatic heterocycles. The van der Waals surface area contributed by atoms with Crippen LogP contribution in [0.4, 0.5) is 0 Å². The minimum atomic E-state index is -0.868. The molecule has 166 valence electrons. The van der Waals surface area contributed by atoms with Gasteiger partial charge >= 0.3 is 0 Å². The number of methoxy groups -OCH3 is 2. The Hall–Kier alpha value is -3.22. The standard InChI is InChI=1S/C26H29N3O3/c1-17(2)18-8-10-19(11-9-18)26-28-22-15-20(25(30)21-7-5-6-12-27-21)16-23(32-4)24(22)29(26)13-14-31-3/h5-12,15-17,25,30H,13-14H2,1-4H3. The summed E-state index contributed by atoms with van der Waals surface area (Å²) in [5.41, 5.74) is 5.21. The Bertz CT molecular complexity index is 1180. The number of hydrogen-bond donors (Lipinski definition) is 1. The lowest BCUT2D eigenvalue weighted by Gasteiger charge is -2.14. The number of aliphatic hydroxyl groups is 1. The number of hydrogen-bond acceptors (Lipinski definition) is 5. The van der Waals surface area contributed by atoms with Gasteiger partial charge in [-0.05, 0) is 41.3 Å². The van der Waals surface area contributed by atoms with Gasteiger partial charge in [0.1, 0.15) is 23.2 Å². The molecule has 1 atom stereocenters. The fraction of sp³-hybridized carbons (Fsp3) is 0.308. The normalized spacial score (nSPS) is 12.4. The molecule has 0 aliphatic heterocycles. The van der Waals surface area contributed by atoms with Crippen molar-refractivity contribution in [2.75, 3.05) is 20.8 Å². The maximum atomic E-state index is 10.9. The first-order valence-corrected chi connectivity index (χ1v) is 10.8. The van der Waals surface area contributed by atoms with Crippen molar-refractivity contribution in [1.29, 1.82) is 0 Å². The number of aliphatic hydroxyl groups excluding tert-OH is 1. The Labute approximate surface area is 188 Å². The first-order chi connectivity index (χ1) is 15.5. The molecular formula is C26H29N3O3. The number of fused-ring (bicyclic) bond motifs is 1. The van der Waals surface area contributed by atoms with Crippen LogP contribution in [0.5, 0.6) is 5.75 Å². The Morgan fingerprint density at radius 1 is 1.00 bits per heavy atom. The smallest absolute Gasteiger partial charge is 0.145 e. The highest BCUT2D eigenvalue weighted by molar-refractivity contribution is 5.87. The van der Waals surface area contributed by atoms with Crippen molar-refractivity contribution in [2.24, 2.45) is 0 Å². The zero-order chi connectivity index (χ0) is 22.7. The maximum Gasteiger partial charge on any atom is 0.145 e. The van der Waals surface area contributed by atoms with Gasteiger partial charge in [0.05, 0.1) is 24.9 Å². The fourth-order valence-corrected chi connectivity index (χ4v) is 3.91. The molecule has 0 amide bonds. The van der Waals surface area contributed by atoms with Crippen molar-refractivity contribution in [3.63, 3.8) is 0 Å². The molecule has 0 spiro atoms. The van der Waals surface area contributed by atoms with Gasteiger partial charge in [-0.2, -0.15) is 0 Å². The lowest BCUT2D eigenvalue weighted by atomic mass is 10.0. The zero-order valence-corrected chi connectivity index (χ0v) is 18.9. The second-order valence-electron chi connectivity index (χ2n) is 8.10. The number of ether oxygens (including phenoxy) is 2. The molecule has 4 aromatic rings. The van der Waals surface area contributed by atoms with Crippen molar-refractivity contribution in [2.45, 2.75) is 32.4 Å². The van der Waals surface area contributed by atoms with Gasteiger partial charge in [-0.3, -0.25) is 4.98 Å². The Morgan fingerprint density at radius 3 is 2.41 bits per heavy atom. The summed E-state index contributed by atoms with van der Waals surface area (Å²) in [7, 11) is 3.32. The predicted octanol–water partition coefficient (Wildman–Crippen LogP) is 4.96. The molecule has 2 heterocycles. The van der Waals surface area contributed by atoms with Gasteiger partial charge < -0.3 is 19.1 Å². The second-order valence-corrected chi connectivity index (χ2v) is 8.10. The van der Waals surface area contributed by atoms with E-state index in [0.717, 1.165) is 22.4 Å². The van der Waals surface area contributed by atoms with E-state index in [1.807, 2.05) is 24.3 Å². The van der Waals surface area contributed by atoms with Gasteiger partial charge in [0.2, 0.25) is 0 Å². The minimum absolute atomic E-state index is 0.465. The minimum Gasteiger partial charge on any atom is -0.494 e. The first-order valence-electron chi connectivity index (χ1n) is 10.8. The molecule has 1 unspecified atom stereocenters. The van der Waals surface area contributed by atoms with Gasteiger partial charge in [0.25, 0.3) is 0 Å². The van der Waals surface area contributed by atoms with E-state index in [0.29, 0.717) is 36.1 Å². The van der Waals surface area contributed by atoms with Crippen LogP contribution in [0.3, 0.4) is 0 Å². The number of rotatable bonds is 8. The van der Waals surface area contributed by atoms with Gasteiger partial charge in [-0.15, -0.1) is 0 Å². The Balaban J connectivity index is 1.87. The van der Waals surface area contributed by atoms with Gasteiger partial charge in [-0.1, -0.05) is 44.2 Å². The van der Waals surface area contributed by atoms with Crippen molar-refractivity contribution < 1.29 is 14.6 Å². The van der Waals surface area contributed by atoms with Crippen molar-refractivity contribution in [3.8, 4) is 17.1 Å². The Morgan fingerprint density at radius 2 is 1.78 bits per heavy atom. The molecule has 6 nitrogen and oxygen atoms in total. The average molecular weight is 432 g/mol. The predicted molar refractivity (Wildman–Crippen MR) is 126 cm³/mol. The van der Waals surface area contributed by atoms with E-state index < -0.39 is 6.10 Å². The van der Waals surface area contributed by atoms with Crippen LogP contribution in [-0.4, -0.2) is 40.5 Å². The van der Waals surface area contributed by atoms with Crippen LogP contribution in [0, 0.1) is 0 Å². The average Bonchev–Trinajstić information content (AvgIpc) is 3.20. The summed E-state index contributed by atoms with van der Waals surface area (Å²) >= 11 is 0. The Kier molecular flexibility index (Phi) is 6.53. The lowest BCUT2D eigenvalue weighted by Crippen LogP contribution is -2.07. The monoisotopic (exact) mass is 431 g/mol. The molecule has 0 aliphatic carbocycles. The molecule has 0 radical (unpaired) electrons. The fourth-order valence-electron chi connectivity index (χ4n) is 3.91. The van der Waals surface area contributed by atoms with Crippen LogP contribution >= 0.6 is 0 Å². The van der Waals surface area contributed by atoms with E-state index in [4.69, 9.17) is 14.5 Å². The van der Waals surface area contributed by atoms with Crippen molar-refractivity contribution in [3.05, 3.63) is 77.6 Å². The number of nitrogens with zero attached hydrogens (tertiary/aromatic N) is 3. The third-order valence-corrected chi connectivity index (χ3v) is 5.69. The topological polar surface area (TPSA) is 69.4 Å². The molecule has 0 saturated carbocycles. The van der Waals surface area contributed by atoms with Crippen LogP contribution in [0.2, 0.25) is 0 Å². The molecule has 6 heteroatoms. The third-order valence-electron chi connectivity index (χ3n) is 5.69. The van der Waals surface area contributed by atoms with Crippen LogP contribution in [0.25, 0.3) is 22.4 Å². The quantitative estimate of drug-likeness (QED) is 0.427. The van der Waals surface area contributed by atoms with E-state index in [2.05, 4.69) is 47.7 Å². The van der Waals surface area contributed by atoms with Gasteiger partial charge in [0.15, 0.2) is 0 Å². The summed E-state index contributed by atoms with van der Waals surface area (Å²) < 4.78 is 13.2. The highest BCUT2D eigenvalue weighted by Gasteiger charge is 2.21. The van der Waals surface area contributed by atoms with E-state index in [9.17, 15) is 5.11 Å². The van der Waals surface area contributed by atoms with Crippen molar-refractivity contribution >= 4 is 11.0 Å². The van der Waals surface area contributed by atoms with E-state index in [1.165, 1.54) is 5.56 Å². The van der Waals surface area contributed by atoms with Gasteiger partial charge in [-0.25, -0.2) is 4.98 Å². The highest BCUT2D eigenvalue weighted by atomic mass is 16.5. The summed E-state index contributed by atoms with van der Waals surface area (Å²) in [5.74, 6) is 1.96. The molecule has 0 aliphatic rings. The molecular weight excluding hydrogens is 402 g/mol. The second kappa shape index (κ2) is 9.51. The van der Waals surface area contributed by atoms with E-state index in [-0.39, 0.29) is 0 Å². The van der Waals surface area contributed by atoms with E-state index >= 15 is 0 Å². The van der Waals surface area contributed by atoms with Crippen LogP contribution in [-0.2, 0) is 11.3 Å². The van der Waals surface area contributed by atoms with Crippen LogP contribution in [0.15, 0.2) is 60.8 Å². The first kappa shape index (κ1) is 22.0. The summed E-state index contributed by atoms with van der Waals surface area (Å²) in [5, 5.41) is 10.9. The SMILES string of the molecule is COCCn1c(-c2ccc(C(C)C)cc2)nc2cc(C(O)c3ccccn3)cc(OC)c21. The lowest BCUT2D eigenvalue weighted by molar-refractivity contribution is 0.188. The number of aromatic nitrogens is 3. The summed E-state index contributed by atoms with van der Waals surface area (Å²) in [6, 6.07) is 17.8. The molecule has 32 heavy (non-hydrogen) atoms. The number of imidazole rings is 1. The molecule has 4 rings (SSSR count). The summed E-state index contributed by atoms with van der Waals surface area (Å²) in [4.78, 5) is 9.24. The maximum absolute atomic E-state index is 10.9.